The number of ether oxygens (including phenoxy) is 2. The smallest absolute Gasteiger partial charge is 0.429 e. The molecule has 0 aromatic rings. The van der Waals surface area contributed by atoms with Crippen LogP contribution in [0.15, 0.2) is 0 Å². The monoisotopic (exact) mass is 370 g/mol. The second kappa shape index (κ2) is 12.5. The van der Waals surface area contributed by atoms with Crippen molar-refractivity contribution in [1.82, 2.24) is 10.2 Å². The topological polar surface area (TPSA) is 111 Å². The van der Waals surface area contributed by atoms with E-state index in [1.54, 1.807) is 34.6 Å². The molecule has 0 spiro atoms. The van der Waals surface area contributed by atoms with Gasteiger partial charge >= 0.3 is 27.8 Å². The number of rotatable bonds is 8. The summed E-state index contributed by atoms with van der Waals surface area (Å²) in [6.07, 6.45) is 0. The number of carbonyl (C=O) groups excluding carboxylic acids is 2. The molecule has 0 fully saturated rings. The van der Waals surface area contributed by atoms with Gasteiger partial charge in [-0.2, -0.15) is 0 Å². The van der Waals surface area contributed by atoms with Crippen molar-refractivity contribution in [3.05, 3.63) is 0 Å². The van der Waals surface area contributed by atoms with E-state index in [1.165, 1.54) is 13.3 Å². The molecule has 0 bridgehead atoms. The molecule has 0 saturated carbocycles. The summed E-state index contributed by atoms with van der Waals surface area (Å²) in [5.74, 6) is -0.743. The molecule has 0 aliphatic heterocycles. The molecule has 23 heavy (non-hydrogen) atoms. The van der Waals surface area contributed by atoms with Gasteiger partial charge in [-0.05, 0) is 34.6 Å². The van der Waals surface area contributed by atoms with E-state index in [0.29, 0.717) is 13.2 Å². The second-order valence-corrected chi connectivity index (χ2v) is 7.53. The van der Waals surface area contributed by atoms with Crippen molar-refractivity contribution in [2.75, 3.05) is 26.5 Å². The molecule has 3 unspecified atom stereocenters. The van der Waals surface area contributed by atoms with Gasteiger partial charge in [0.15, 0.2) is 18.9 Å². The standard InChI is InChI=1S/C7H15NO3P.C6H13NO3P/c1-5-11-6(9)7(2,3)8-12(4)10;1-4-10-6(8)5(2)7-11(3)9/h5H2,1-4H3,(H,8,10);5H,4H2,1-3H3,(H,7,9)/q2*+1. The molecular formula is C13H28N2O6P2+2. The zero-order valence-electron chi connectivity index (χ0n) is 14.8. The lowest BCUT2D eigenvalue weighted by atomic mass is 10.1. The maximum Gasteiger partial charge on any atom is 0.429 e. The molecule has 0 rings (SSSR count). The molecule has 8 nitrogen and oxygen atoms in total. The van der Waals surface area contributed by atoms with Crippen LogP contribution in [-0.4, -0.2) is 50.1 Å². The molecule has 0 radical (unpaired) electrons. The fourth-order valence-corrected chi connectivity index (χ4v) is 2.87. The first-order valence-electron chi connectivity index (χ1n) is 7.17. The van der Waals surface area contributed by atoms with Crippen molar-refractivity contribution in [2.24, 2.45) is 0 Å². The van der Waals surface area contributed by atoms with Gasteiger partial charge in [0.05, 0.1) is 13.2 Å². The van der Waals surface area contributed by atoms with Crippen LogP contribution in [0.2, 0.25) is 0 Å². The Balaban J connectivity index is 0. The minimum absolute atomic E-state index is 0.338. The highest BCUT2D eigenvalue weighted by Crippen LogP contribution is 2.16. The number of nitrogens with one attached hydrogen (secondary N) is 2. The average molecular weight is 370 g/mol. The van der Waals surface area contributed by atoms with Gasteiger partial charge in [0.1, 0.15) is 6.04 Å². The summed E-state index contributed by atoms with van der Waals surface area (Å²) in [5.41, 5.74) is -0.863. The van der Waals surface area contributed by atoms with Crippen molar-refractivity contribution in [1.29, 1.82) is 0 Å². The zero-order chi connectivity index (χ0) is 18.6. The van der Waals surface area contributed by atoms with Crippen molar-refractivity contribution in [2.45, 2.75) is 46.2 Å². The Morgan fingerprint density at radius 2 is 1.52 bits per heavy atom. The average Bonchev–Trinajstić information content (AvgIpc) is 2.37. The molecule has 0 aliphatic rings. The van der Waals surface area contributed by atoms with Gasteiger partial charge in [-0.3, -0.25) is 4.79 Å². The second-order valence-electron chi connectivity index (χ2n) is 5.06. The summed E-state index contributed by atoms with van der Waals surface area (Å²) in [6.45, 7) is 12.1. The summed E-state index contributed by atoms with van der Waals surface area (Å²) < 4.78 is 30.8. The van der Waals surface area contributed by atoms with E-state index in [0.717, 1.165) is 0 Å². The molecule has 0 saturated heterocycles. The molecular weight excluding hydrogens is 342 g/mol. The first-order chi connectivity index (χ1) is 10.5. The van der Waals surface area contributed by atoms with Crippen LogP contribution in [0.5, 0.6) is 0 Å². The highest BCUT2D eigenvalue weighted by molar-refractivity contribution is 7.41. The normalized spacial score (nSPS) is 13.2. The summed E-state index contributed by atoms with van der Waals surface area (Å²) >= 11 is 0. The van der Waals surface area contributed by atoms with Crippen LogP contribution in [-0.2, 0) is 28.2 Å². The predicted octanol–water partition coefficient (Wildman–Crippen LogP) is 2.19. The van der Waals surface area contributed by atoms with E-state index in [1.807, 2.05) is 0 Å². The quantitative estimate of drug-likeness (QED) is 0.494. The Morgan fingerprint density at radius 1 is 1.04 bits per heavy atom. The minimum atomic E-state index is -1.53. The zero-order valence-corrected chi connectivity index (χ0v) is 16.6. The van der Waals surface area contributed by atoms with Crippen LogP contribution in [0.25, 0.3) is 0 Å². The Labute approximate surface area is 139 Å². The van der Waals surface area contributed by atoms with E-state index in [2.05, 4.69) is 14.9 Å². The van der Waals surface area contributed by atoms with Crippen LogP contribution in [0.3, 0.4) is 0 Å². The van der Waals surface area contributed by atoms with Crippen LogP contribution >= 0.6 is 15.9 Å². The molecule has 0 heterocycles. The summed E-state index contributed by atoms with van der Waals surface area (Å²) in [7, 11) is -3.02. The Morgan fingerprint density at radius 3 is 1.87 bits per heavy atom. The van der Waals surface area contributed by atoms with Gasteiger partial charge in [-0.15, -0.1) is 0 Å². The lowest BCUT2D eigenvalue weighted by molar-refractivity contribution is -0.149. The highest BCUT2D eigenvalue weighted by Gasteiger charge is 2.34. The van der Waals surface area contributed by atoms with Gasteiger partial charge in [0.25, 0.3) is 0 Å². The third-order valence-corrected chi connectivity index (χ3v) is 3.86. The van der Waals surface area contributed by atoms with Crippen molar-refractivity contribution < 1.29 is 28.2 Å². The van der Waals surface area contributed by atoms with Crippen LogP contribution in [0.1, 0.15) is 34.6 Å². The van der Waals surface area contributed by atoms with Gasteiger partial charge in [0, 0.05) is 0 Å². The number of hydrogen-bond acceptors (Lipinski definition) is 6. The van der Waals surface area contributed by atoms with Gasteiger partial charge in [0.2, 0.25) is 0 Å². The van der Waals surface area contributed by atoms with E-state index in [-0.39, 0.29) is 11.9 Å². The van der Waals surface area contributed by atoms with Gasteiger partial charge < -0.3 is 9.47 Å². The Bertz CT molecular complexity index is 429. The molecule has 134 valence electrons. The van der Waals surface area contributed by atoms with E-state index in [9.17, 15) is 18.7 Å². The van der Waals surface area contributed by atoms with E-state index < -0.39 is 27.5 Å². The minimum Gasteiger partial charge on any atom is -0.465 e. The van der Waals surface area contributed by atoms with Gasteiger partial charge in [-0.25, -0.2) is 4.79 Å². The largest absolute Gasteiger partial charge is 0.465 e. The Kier molecular flexibility index (Phi) is 13.2. The van der Waals surface area contributed by atoms with Crippen LogP contribution in [0, 0.1) is 0 Å². The van der Waals surface area contributed by atoms with E-state index >= 15 is 0 Å². The SMILES string of the molecule is CCOC(=O)C(C)(C)N[P+](C)=O.CCOC(=O)C(C)N[P+](C)=O. The van der Waals surface area contributed by atoms with Crippen molar-refractivity contribution in [3.63, 3.8) is 0 Å². The lowest BCUT2D eigenvalue weighted by Gasteiger charge is -2.16. The lowest BCUT2D eigenvalue weighted by Crippen LogP contribution is -2.44. The maximum absolute atomic E-state index is 11.2. The third-order valence-electron chi connectivity index (χ3n) is 2.24. The number of carbonyl (C=O) groups is 2. The summed E-state index contributed by atoms with van der Waals surface area (Å²) in [4.78, 5) is 22.1. The number of hydrogen-bond donors (Lipinski definition) is 2. The Hall–Kier alpha value is -0.940. The molecule has 10 heteroatoms. The fraction of sp³-hybridized carbons (Fsp3) is 0.846. The summed E-state index contributed by atoms with van der Waals surface area (Å²) in [5, 5.41) is 5.20. The van der Waals surface area contributed by atoms with E-state index in [4.69, 9.17) is 4.74 Å². The van der Waals surface area contributed by atoms with Crippen molar-refractivity contribution in [3.8, 4) is 0 Å². The molecule has 0 amide bonds. The molecule has 0 aromatic carbocycles. The first kappa shape index (κ1) is 24.3. The summed E-state index contributed by atoms with van der Waals surface area (Å²) in [6, 6.07) is -0.483. The van der Waals surface area contributed by atoms with Crippen LogP contribution in [0.4, 0.5) is 0 Å². The highest BCUT2D eigenvalue weighted by atomic mass is 31.1. The molecule has 3 atom stereocenters. The maximum atomic E-state index is 11.2. The predicted molar refractivity (Wildman–Crippen MR) is 90.1 cm³/mol. The third kappa shape index (κ3) is 13.2. The van der Waals surface area contributed by atoms with Crippen LogP contribution < -0.4 is 10.2 Å². The van der Waals surface area contributed by atoms with Crippen molar-refractivity contribution >= 4 is 27.8 Å². The molecule has 0 aromatic heterocycles. The fourth-order valence-electron chi connectivity index (χ4n) is 1.34. The first-order valence-corrected chi connectivity index (χ1v) is 10.6. The van der Waals surface area contributed by atoms with Gasteiger partial charge in [-0.1, -0.05) is 19.3 Å². The molecule has 2 N–H and O–H groups in total. The number of esters is 2. The molecule has 0 aliphatic carbocycles.